The van der Waals surface area contributed by atoms with Gasteiger partial charge in [0.1, 0.15) is 5.75 Å². The third-order valence-electron chi connectivity index (χ3n) is 14.8. The number of pyridine rings is 1. The lowest BCUT2D eigenvalue weighted by molar-refractivity contribution is -0.179. The molecule has 226 valence electrons. The van der Waals surface area contributed by atoms with Crippen LogP contribution in [0.3, 0.4) is 0 Å². The molecule has 0 bridgehead atoms. The van der Waals surface area contributed by atoms with Gasteiger partial charge in [0.05, 0.1) is 23.7 Å². The molecule has 0 saturated heterocycles. The molecule has 3 fully saturated rings. The summed E-state index contributed by atoms with van der Waals surface area (Å²) in [5.41, 5.74) is 5.02. The molecular weight excluding hydrogens is 518 g/mol. The zero-order valence-electron chi connectivity index (χ0n) is 27.1. The number of carboxylic acids is 1. The third kappa shape index (κ3) is 3.36. The predicted octanol–water partition coefficient (Wildman–Crippen LogP) is 9.00. The molecule has 4 heteroatoms. The minimum Gasteiger partial charge on any atom is -0.497 e. The van der Waals surface area contributed by atoms with Crippen LogP contribution in [-0.2, 0) is 16.6 Å². The average molecular weight is 570 g/mol. The highest BCUT2D eigenvalue weighted by atomic mass is 16.5. The van der Waals surface area contributed by atoms with E-state index < -0.39 is 11.4 Å². The van der Waals surface area contributed by atoms with Crippen molar-refractivity contribution in [2.45, 2.75) is 105 Å². The molecule has 42 heavy (non-hydrogen) atoms. The Hall–Kier alpha value is -2.36. The van der Waals surface area contributed by atoms with Gasteiger partial charge in [-0.25, -0.2) is 0 Å². The maximum Gasteiger partial charge on any atom is 0.310 e. The van der Waals surface area contributed by atoms with Gasteiger partial charge in [-0.1, -0.05) is 60.1 Å². The number of fused-ring (bicyclic) bond motifs is 9. The van der Waals surface area contributed by atoms with Crippen molar-refractivity contribution in [2.24, 2.45) is 51.2 Å². The first-order chi connectivity index (χ1) is 19.7. The van der Waals surface area contributed by atoms with Crippen molar-refractivity contribution in [3.8, 4) is 5.75 Å². The number of carbonyl (C=O) groups is 1. The van der Waals surface area contributed by atoms with E-state index in [-0.39, 0.29) is 27.6 Å². The Morgan fingerprint density at radius 3 is 2.45 bits per heavy atom. The van der Waals surface area contributed by atoms with Gasteiger partial charge in [0.2, 0.25) is 0 Å². The molecule has 2 aromatic rings. The molecule has 7 rings (SSSR count). The van der Waals surface area contributed by atoms with Crippen molar-refractivity contribution < 1.29 is 14.6 Å². The zero-order valence-corrected chi connectivity index (χ0v) is 27.1. The highest BCUT2D eigenvalue weighted by Gasteiger charge is 2.69. The summed E-state index contributed by atoms with van der Waals surface area (Å²) >= 11 is 0. The van der Waals surface area contributed by atoms with Gasteiger partial charge in [0.25, 0.3) is 0 Å². The van der Waals surface area contributed by atoms with E-state index in [1.807, 2.05) is 6.07 Å². The monoisotopic (exact) mass is 569 g/mol. The Balaban J connectivity index is 1.35. The molecule has 0 unspecified atom stereocenters. The smallest absolute Gasteiger partial charge is 0.310 e. The number of carboxylic acid groups (broad SMARTS) is 1. The molecule has 3 saturated carbocycles. The fourth-order valence-electron chi connectivity index (χ4n) is 12.3. The second-order valence-corrected chi connectivity index (χ2v) is 16.6. The van der Waals surface area contributed by atoms with E-state index >= 15 is 0 Å². The third-order valence-corrected chi connectivity index (χ3v) is 14.8. The van der Waals surface area contributed by atoms with E-state index in [9.17, 15) is 9.90 Å². The van der Waals surface area contributed by atoms with Gasteiger partial charge < -0.3 is 9.84 Å². The SMILES string of the molecule is COc1ccc2nc3c(cc2c1)C[C@]1(C)[C@H]2CC=C4[C@@H]5[C@@H](C)[C@H](C)CC[C@]5(C(=O)O)CC[C@@]4(C)[C@]2(C)CC[C@H]1C3(C)C. The van der Waals surface area contributed by atoms with E-state index in [2.05, 4.69) is 72.7 Å². The topological polar surface area (TPSA) is 59.4 Å². The molecule has 1 N–H and O–H groups in total. The fraction of sp³-hybridized carbons (Fsp3) is 0.684. The molecule has 1 heterocycles. The Morgan fingerprint density at radius 1 is 0.976 bits per heavy atom. The highest BCUT2D eigenvalue weighted by molar-refractivity contribution is 5.81. The second-order valence-electron chi connectivity index (χ2n) is 16.6. The van der Waals surface area contributed by atoms with E-state index in [4.69, 9.17) is 9.72 Å². The average Bonchev–Trinajstić information content (AvgIpc) is 2.93. The minimum atomic E-state index is -0.582. The molecule has 0 radical (unpaired) electrons. The van der Waals surface area contributed by atoms with Crippen LogP contribution >= 0.6 is 0 Å². The summed E-state index contributed by atoms with van der Waals surface area (Å²) in [6.07, 6.45) is 10.9. The first kappa shape index (κ1) is 28.4. The van der Waals surface area contributed by atoms with Crippen molar-refractivity contribution in [3.63, 3.8) is 0 Å². The number of methoxy groups -OCH3 is 1. The van der Waals surface area contributed by atoms with Gasteiger partial charge in [-0.3, -0.25) is 9.78 Å². The van der Waals surface area contributed by atoms with Crippen molar-refractivity contribution >= 4 is 16.9 Å². The Labute approximate surface area is 252 Å². The summed E-state index contributed by atoms with van der Waals surface area (Å²) in [4.78, 5) is 18.4. The lowest BCUT2D eigenvalue weighted by atomic mass is 9.33. The van der Waals surface area contributed by atoms with Gasteiger partial charge in [-0.15, -0.1) is 0 Å². The largest absolute Gasteiger partial charge is 0.497 e. The van der Waals surface area contributed by atoms with Crippen LogP contribution in [-0.4, -0.2) is 23.2 Å². The molecule has 4 nitrogen and oxygen atoms in total. The number of nitrogens with zero attached hydrogens (tertiary/aromatic N) is 1. The molecule has 0 spiro atoms. The molecule has 5 aliphatic carbocycles. The number of rotatable bonds is 2. The van der Waals surface area contributed by atoms with E-state index in [1.165, 1.54) is 35.1 Å². The Kier molecular flexibility index (Phi) is 5.99. The van der Waals surface area contributed by atoms with Crippen molar-refractivity contribution in [1.82, 2.24) is 4.98 Å². The molecule has 5 aliphatic rings. The first-order valence-corrected chi connectivity index (χ1v) is 16.6. The number of aliphatic carboxylic acids is 1. The van der Waals surface area contributed by atoms with E-state index in [0.29, 0.717) is 23.7 Å². The van der Waals surface area contributed by atoms with Crippen molar-refractivity contribution in [2.75, 3.05) is 7.11 Å². The van der Waals surface area contributed by atoms with E-state index in [1.54, 1.807) is 7.11 Å². The quantitative estimate of drug-likeness (QED) is 0.367. The van der Waals surface area contributed by atoms with Gasteiger partial charge in [-0.05, 0) is 127 Å². The highest BCUT2D eigenvalue weighted by Crippen LogP contribution is 2.75. The summed E-state index contributed by atoms with van der Waals surface area (Å²) in [6.45, 7) is 17.4. The maximum atomic E-state index is 13.0. The zero-order chi connectivity index (χ0) is 30.0. The standard InChI is InChI=1S/C38H51NO3/c1-22-13-16-38(33(40)41)18-17-36(6)27(31(38)23(22)2)10-12-30-35(5)21-25-19-24-20-26(42-8)9-11-28(24)39-32(25)34(3,4)29(35)14-15-37(30,36)7/h9-11,19-20,22-23,29-31H,12-18,21H2,1-8H3,(H,40,41)/t22-,23+,29+,30-,31+,35+,36-,37-,38+/m1/s1. The lowest BCUT2D eigenvalue weighted by Gasteiger charge is -2.70. The normalized spacial score (nSPS) is 43.6. The summed E-state index contributed by atoms with van der Waals surface area (Å²) < 4.78 is 5.56. The van der Waals surface area contributed by atoms with Crippen LogP contribution in [0.1, 0.15) is 105 Å². The van der Waals surface area contributed by atoms with Gasteiger partial charge in [-0.2, -0.15) is 0 Å². The molecule has 9 atom stereocenters. The fourth-order valence-corrected chi connectivity index (χ4v) is 12.3. The lowest BCUT2D eigenvalue weighted by Crippen LogP contribution is -2.65. The van der Waals surface area contributed by atoms with Gasteiger partial charge in [0, 0.05) is 10.8 Å². The van der Waals surface area contributed by atoms with Crippen LogP contribution in [0.5, 0.6) is 5.75 Å². The van der Waals surface area contributed by atoms with Crippen molar-refractivity contribution in [1.29, 1.82) is 0 Å². The number of allylic oxidation sites excluding steroid dienone is 2. The van der Waals surface area contributed by atoms with Crippen LogP contribution in [0, 0.1) is 51.2 Å². The molecular formula is C38H51NO3. The van der Waals surface area contributed by atoms with Crippen LogP contribution in [0.4, 0.5) is 0 Å². The maximum absolute atomic E-state index is 13.0. The minimum absolute atomic E-state index is 0.0129. The Bertz CT molecular complexity index is 1510. The van der Waals surface area contributed by atoms with Crippen LogP contribution < -0.4 is 4.74 Å². The Morgan fingerprint density at radius 2 is 1.74 bits per heavy atom. The summed E-state index contributed by atoms with van der Waals surface area (Å²) in [5, 5.41) is 11.9. The van der Waals surface area contributed by atoms with Crippen molar-refractivity contribution in [3.05, 3.63) is 47.2 Å². The number of aromatic nitrogens is 1. The van der Waals surface area contributed by atoms with Crippen LogP contribution in [0.25, 0.3) is 10.9 Å². The first-order valence-electron chi connectivity index (χ1n) is 16.6. The van der Waals surface area contributed by atoms with Crippen LogP contribution in [0.15, 0.2) is 35.9 Å². The van der Waals surface area contributed by atoms with Crippen LogP contribution in [0.2, 0.25) is 0 Å². The summed E-state index contributed by atoms with van der Waals surface area (Å²) in [7, 11) is 1.73. The number of hydrogen-bond donors (Lipinski definition) is 1. The van der Waals surface area contributed by atoms with Gasteiger partial charge >= 0.3 is 5.97 Å². The molecule has 1 aromatic carbocycles. The van der Waals surface area contributed by atoms with E-state index in [0.717, 1.165) is 49.8 Å². The number of benzene rings is 1. The van der Waals surface area contributed by atoms with Gasteiger partial charge in [0.15, 0.2) is 0 Å². The number of ether oxygens (including phenoxy) is 1. The molecule has 0 aliphatic heterocycles. The number of hydrogen-bond acceptors (Lipinski definition) is 3. The summed E-state index contributed by atoms with van der Waals surface area (Å²) in [5.74, 6) is 2.60. The summed E-state index contributed by atoms with van der Waals surface area (Å²) in [6, 6.07) is 8.68. The molecule has 0 amide bonds. The molecule has 1 aromatic heterocycles. The predicted molar refractivity (Wildman–Crippen MR) is 169 cm³/mol. The second kappa shape index (κ2) is 8.85.